The summed E-state index contributed by atoms with van der Waals surface area (Å²) in [5.41, 5.74) is 3.36. The number of fused-ring (bicyclic) bond motifs is 1. The Hall–Kier alpha value is -1.79. The Labute approximate surface area is 150 Å². The number of aryl methyl sites for hydroxylation is 2. The van der Waals surface area contributed by atoms with Gasteiger partial charge in [-0.3, -0.25) is 4.79 Å². The molecule has 0 saturated heterocycles. The third-order valence-corrected chi connectivity index (χ3v) is 6.00. The fourth-order valence-electron chi connectivity index (χ4n) is 2.58. The lowest BCUT2D eigenvalue weighted by Gasteiger charge is -2.16. The number of imidazole rings is 1. The van der Waals surface area contributed by atoms with Crippen LogP contribution in [0.4, 0.5) is 0 Å². The van der Waals surface area contributed by atoms with Gasteiger partial charge in [-0.15, -0.1) is 11.3 Å². The minimum Gasteiger partial charge on any atom is -0.340 e. The minimum atomic E-state index is 0.127. The molecule has 0 aliphatic heterocycles. The van der Waals surface area contributed by atoms with E-state index >= 15 is 0 Å². The second kappa shape index (κ2) is 7.40. The van der Waals surface area contributed by atoms with Gasteiger partial charge in [-0.1, -0.05) is 23.9 Å². The van der Waals surface area contributed by atoms with Crippen LogP contribution in [0.2, 0.25) is 0 Å². The van der Waals surface area contributed by atoms with Crippen LogP contribution in [0.15, 0.2) is 40.9 Å². The number of hydrogen-bond donors (Lipinski definition) is 0. The van der Waals surface area contributed by atoms with E-state index in [4.69, 9.17) is 0 Å². The predicted molar refractivity (Wildman–Crippen MR) is 102 cm³/mol. The molecule has 24 heavy (non-hydrogen) atoms. The molecule has 0 fully saturated rings. The van der Waals surface area contributed by atoms with Crippen LogP contribution in [0.5, 0.6) is 0 Å². The maximum atomic E-state index is 12.4. The van der Waals surface area contributed by atoms with E-state index in [2.05, 4.69) is 40.9 Å². The van der Waals surface area contributed by atoms with Crippen molar-refractivity contribution in [3.05, 3.63) is 46.2 Å². The minimum absolute atomic E-state index is 0.127. The van der Waals surface area contributed by atoms with E-state index in [0.717, 1.165) is 22.7 Å². The molecule has 3 rings (SSSR count). The molecule has 0 unspecified atom stereocenters. The molecule has 0 N–H and O–H groups in total. The van der Waals surface area contributed by atoms with E-state index in [1.165, 1.54) is 22.2 Å². The molecule has 0 atom stereocenters. The number of amides is 1. The van der Waals surface area contributed by atoms with Crippen LogP contribution in [0, 0.1) is 6.92 Å². The van der Waals surface area contributed by atoms with Gasteiger partial charge >= 0.3 is 0 Å². The summed E-state index contributed by atoms with van der Waals surface area (Å²) in [5.74, 6) is 0.534. The number of aromatic nitrogens is 2. The third-order valence-electron chi connectivity index (χ3n) is 4.04. The van der Waals surface area contributed by atoms with Crippen molar-refractivity contribution in [2.24, 2.45) is 0 Å². The highest BCUT2D eigenvalue weighted by Crippen LogP contribution is 2.24. The first-order chi connectivity index (χ1) is 11.6. The quantitative estimate of drug-likeness (QED) is 0.620. The van der Waals surface area contributed by atoms with Crippen molar-refractivity contribution in [2.45, 2.75) is 32.1 Å². The number of hydrogen-bond acceptors (Lipinski definition) is 4. The van der Waals surface area contributed by atoms with Crippen molar-refractivity contribution in [1.29, 1.82) is 0 Å². The lowest BCUT2D eigenvalue weighted by Crippen LogP contribution is -2.27. The van der Waals surface area contributed by atoms with E-state index < -0.39 is 0 Å². The summed E-state index contributed by atoms with van der Waals surface area (Å²) < 4.78 is 2.16. The van der Waals surface area contributed by atoms with Gasteiger partial charge in [0.2, 0.25) is 5.91 Å². The van der Waals surface area contributed by atoms with Gasteiger partial charge < -0.3 is 9.47 Å². The monoisotopic (exact) mass is 359 g/mol. The molecular weight excluding hydrogens is 338 g/mol. The Balaban J connectivity index is 1.67. The molecular formula is C18H21N3OS2. The number of thiophene rings is 1. The lowest BCUT2D eigenvalue weighted by atomic mass is 10.3. The first-order valence-electron chi connectivity index (χ1n) is 7.95. The molecule has 0 spiro atoms. The number of carbonyl (C=O) groups is 1. The average Bonchev–Trinajstić information content (AvgIpc) is 3.15. The number of benzene rings is 1. The van der Waals surface area contributed by atoms with Gasteiger partial charge in [0.1, 0.15) is 0 Å². The van der Waals surface area contributed by atoms with Crippen molar-refractivity contribution in [1.82, 2.24) is 14.5 Å². The summed E-state index contributed by atoms with van der Waals surface area (Å²) in [6.07, 6.45) is 0. The van der Waals surface area contributed by atoms with Gasteiger partial charge in [0.15, 0.2) is 5.16 Å². The molecule has 0 saturated carbocycles. The van der Waals surface area contributed by atoms with Gasteiger partial charge in [0, 0.05) is 18.5 Å². The van der Waals surface area contributed by atoms with Crippen LogP contribution in [0.3, 0.4) is 0 Å². The number of rotatable bonds is 6. The number of nitrogens with zero attached hydrogens (tertiary/aromatic N) is 3. The highest BCUT2D eigenvalue weighted by Gasteiger charge is 2.15. The SMILES string of the molecule is CCn1c(SCC(=O)N(C)Cc2sccc2C)nc2ccccc21. The van der Waals surface area contributed by atoms with Crippen molar-refractivity contribution in [2.75, 3.05) is 12.8 Å². The zero-order valence-corrected chi connectivity index (χ0v) is 15.8. The van der Waals surface area contributed by atoms with Gasteiger partial charge in [-0.25, -0.2) is 4.98 Å². The summed E-state index contributed by atoms with van der Waals surface area (Å²) in [5, 5.41) is 2.98. The van der Waals surface area contributed by atoms with E-state index in [9.17, 15) is 4.79 Å². The highest BCUT2D eigenvalue weighted by atomic mass is 32.2. The molecule has 1 aromatic carbocycles. The van der Waals surface area contributed by atoms with Crippen molar-refractivity contribution >= 4 is 40.0 Å². The van der Waals surface area contributed by atoms with Crippen LogP contribution in [-0.4, -0.2) is 33.2 Å². The molecule has 3 aromatic rings. The lowest BCUT2D eigenvalue weighted by molar-refractivity contribution is -0.127. The normalized spacial score (nSPS) is 11.1. The van der Waals surface area contributed by atoms with E-state index in [1.54, 1.807) is 16.2 Å². The van der Waals surface area contributed by atoms with Crippen LogP contribution in [-0.2, 0) is 17.9 Å². The Morgan fingerprint density at radius 2 is 2.12 bits per heavy atom. The fraction of sp³-hybridized carbons (Fsp3) is 0.333. The largest absolute Gasteiger partial charge is 0.340 e. The molecule has 0 bridgehead atoms. The zero-order valence-electron chi connectivity index (χ0n) is 14.2. The first kappa shape index (κ1) is 17.0. The summed E-state index contributed by atoms with van der Waals surface area (Å²) in [6.45, 7) is 5.71. The maximum absolute atomic E-state index is 12.4. The second-order valence-corrected chi connectivity index (χ2v) is 7.64. The number of para-hydroxylation sites is 2. The van der Waals surface area contributed by atoms with E-state index in [1.807, 2.05) is 25.2 Å². The van der Waals surface area contributed by atoms with Gasteiger partial charge in [0.25, 0.3) is 0 Å². The smallest absolute Gasteiger partial charge is 0.233 e. The Morgan fingerprint density at radius 3 is 2.83 bits per heavy atom. The number of thioether (sulfide) groups is 1. The molecule has 1 amide bonds. The van der Waals surface area contributed by atoms with Crippen LogP contribution < -0.4 is 0 Å². The Bertz CT molecular complexity index is 853. The Morgan fingerprint density at radius 1 is 1.33 bits per heavy atom. The summed E-state index contributed by atoms with van der Waals surface area (Å²) in [6, 6.07) is 10.2. The Kier molecular flexibility index (Phi) is 5.26. The highest BCUT2D eigenvalue weighted by molar-refractivity contribution is 7.99. The maximum Gasteiger partial charge on any atom is 0.233 e. The summed E-state index contributed by atoms with van der Waals surface area (Å²) >= 11 is 3.22. The summed E-state index contributed by atoms with van der Waals surface area (Å²) in [4.78, 5) is 20.1. The van der Waals surface area contributed by atoms with E-state index in [-0.39, 0.29) is 5.91 Å². The fourth-order valence-corrected chi connectivity index (χ4v) is 4.55. The van der Waals surface area contributed by atoms with Gasteiger partial charge in [0.05, 0.1) is 23.3 Å². The van der Waals surface area contributed by atoms with E-state index in [0.29, 0.717) is 12.3 Å². The standard InChI is InChI=1S/C18H21N3OS2/c1-4-21-15-8-6-5-7-14(15)19-18(21)24-12-17(22)20(3)11-16-13(2)9-10-23-16/h5-10H,4,11-12H2,1-3H3. The van der Waals surface area contributed by atoms with Crippen molar-refractivity contribution < 1.29 is 4.79 Å². The van der Waals surface area contributed by atoms with Crippen LogP contribution in [0.25, 0.3) is 11.0 Å². The molecule has 4 nitrogen and oxygen atoms in total. The topological polar surface area (TPSA) is 38.1 Å². The van der Waals surface area contributed by atoms with Crippen molar-refractivity contribution in [3.8, 4) is 0 Å². The second-order valence-electron chi connectivity index (χ2n) is 5.69. The molecule has 6 heteroatoms. The van der Waals surface area contributed by atoms with Crippen LogP contribution in [0.1, 0.15) is 17.4 Å². The predicted octanol–water partition coefficient (Wildman–Crippen LogP) is 4.18. The van der Waals surface area contributed by atoms with Gasteiger partial charge in [-0.05, 0) is 43.0 Å². The molecule has 2 heterocycles. The van der Waals surface area contributed by atoms with Gasteiger partial charge in [-0.2, -0.15) is 0 Å². The average molecular weight is 360 g/mol. The molecule has 0 radical (unpaired) electrons. The molecule has 0 aliphatic rings. The number of carbonyl (C=O) groups excluding carboxylic acids is 1. The third kappa shape index (κ3) is 3.49. The first-order valence-corrected chi connectivity index (χ1v) is 9.81. The van der Waals surface area contributed by atoms with Crippen molar-refractivity contribution in [3.63, 3.8) is 0 Å². The van der Waals surface area contributed by atoms with Crippen LogP contribution >= 0.6 is 23.1 Å². The summed E-state index contributed by atoms with van der Waals surface area (Å²) in [7, 11) is 1.87. The zero-order chi connectivity index (χ0) is 17.1. The molecule has 0 aliphatic carbocycles. The molecule has 126 valence electrons. The molecule has 2 aromatic heterocycles.